The molecule has 0 aliphatic carbocycles. The molecule has 0 fully saturated rings. The fourth-order valence-electron chi connectivity index (χ4n) is 2.71. The Morgan fingerprint density at radius 3 is 2.56 bits per heavy atom. The lowest BCUT2D eigenvalue weighted by molar-refractivity contribution is 0.0949. The number of amides is 1. The van der Waals surface area contributed by atoms with E-state index >= 15 is 0 Å². The van der Waals surface area contributed by atoms with Crippen molar-refractivity contribution >= 4 is 22.4 Å². The van der Waals surface area contributed by atoms with E-state index in [0.717, 1.165) is 18.4 Å². The summed E-state index contributed by atoms with van der Waals surface area (Å²) < 4.78 is 1.36. The van der Waals surface area contributed by atoms with Gasteiger partial charge >= 0.3 is 0 Å². The average molecular weight is 363 g/mol. The van der Waals surface area contributed by atoms with Crippen molar-refractivity contribution in [1.29, 1.82) is 0 Å². The SMILES string of the molecule is CCCCn1nc(C(=O)N/N=C(\C)c2ccncc2)c2ccccc2c1=O. The molecule has 1 aromatic carbocycles. The highest BCUT2D eigenvalue weighted by molar-refractivity contribution is 6.06. The number of carbonyl (C=O) groups is 1. The van der Waals surface area contributed by atoms with Crippen LogP contribution in [0.2, 0.25) is 0 Å². The molecule has 7 heteroatoms. The summed E-state index contributed by atoms with van der Waals surface area (Å²) in [6.07, 6.45) is 5.06. The van der Waals surface area contributed by atoms with Crippen LogP contribution in [0.1, 0.15) is 42.7 Å². The third kappa shape index (κ3) is 4.08. The summed E-state index contributed by atoms with van der Waals surface area (Å²) in [4.78, 5) is 29.3. The van der Waals surface area contributed by atoms with Gasteiger partial charge in [-0.25, -0.2) is 10.1 Å². The van der Waals surface area contributed by atoms with Crippen LogP contribution >= 0.6 is 0 Å². The van der Waals surface area contributed by atoms with Crippen molar-refractivity contribution in [2.45, 2.75) is 33.2 Å². The minimum atomic E-state index is -0.454. The highest BCUT2D eigenvalue weighted by Gasteiger charge is 2.16. The van der Waals surface area contributed by atoms with Gasteiger partial charge in [-0.2, -0.15) is 10.2 Å². The van der Waals surface area contributed by atoms with E-state index in [9.17, 15) is 9.59 Å². The molecule has 0 saturated heterocycles. The molecule has 27 heavy (non-hydrogen) atoms. The van der Waals surface area contributed by atoms with Crippen molar-refractivity contribution in [3.63, 3.8) is 0 Å². The van der Waals surface area contributed by atoms with Gasteiger partial charge in [-0.15, -0.1) is 0 Å². The number of rotatable bonds is 6. The number of nitrogens with zero attached hydrogens (tertiary/aromatic N) is 4. The molecule has 3 aromatic rings. The number of aromatic nitrogens is 3. The van der Waals surface area contributed by atoms with Crippen LogP contribution in [0.5, 0.6) is 0 Å². The summed E-state index contributed by atoms with van der Waals surface area (Å²) in [5, 5.41) is 9.45. The minimum Gasteiger partial charge on any atom is -0.267 e. The highest BCUT2D eigenvalue weighted by Crippen LogP contribution is 2.13. The van der Waals surface area contributed by atoms with Crippen LogP contribution in [-0.4, -0.2) is 26.4 Å². The first kappa shape index (κ1) is 18.4. The van der Waals surface area contributed by atoms with E-state index in [2.05, 4.69) is 20.6 Å². The van der Waals surface area contributed by atoms with Gasteiger partial charge in [-0.05, 0) is 31.5 Å². The Hall–Kier alpha value is -3.35. The fraction of sp³-hybridized carbons (Fsp3) is 0.250. The van der Waals surface area contributed by atoms with Crippen LogP contribution in [0.25, 0.3) is 10.8 Å². The molecule has 1 N–H and O–H groups in total. The fourth-order valence-corrected chi connectivity index (χ4v) is 2.71. The zero-order valence-electron chi connectivity index (χ0n) is 15.3. The second-order valence-corrected chi connectivity index (χ2v) is 6.15. The number of hydrogen-bond donors (Lipinski definition) is 1. The van der Waals surface area contributed by atoms with Gasteiger partial charge in [0.05, 0.1) is 11.1 Å². The number of carbonyl (C=O) groups excluding carboxylic acids is 1. The van der Waals surface area contributed by atoms with Crippen molar-refractivity contribution < 1.29 is 4.79 Å². The van der Waals surface area contributed by atoms with Gasteiger partial charge in [0, 0.05) is 29.9 Å². The van der Waals surface area contributed by atoms with Gasteiger partial charge in [0.15, 0.2) is 5.69 Å². The van der Waals surface area contributed by atoms with E-state index in [1.807, 2.05) is 19.1 Å². The first-order valence-corrected chi connectivity index (χ1v) is 8.86. The van der Waals surface area contributed by atoms with Gasteiger partial charge in [0.25, 0.3) is 11.5 Å². The van der Waals surface area contributed by atoms with Crippen molar-refractivity contribution in [3.05, 3.63) is 70.4 Å². The van der Waals surface area contributed by atoms with Crippen LogP contribution in [0.4, 0.5) is 0 Å². The standard InChI is InChI=1S/C20H21N5O2/c1-3-4-13-25-20(27)17-8-6-5-7-16(17)18(24-25)19(26)23-22-14(2)15-9-11-21-12-10-15/h5-12H,3-4,13H2,1-2H3,(H,23,26)/b22-14+. The predicted molar refractivity (Wildman–Crippen MR) is 105 cm³/mol. The van der Waals surface area contributed by atoms with E-state index in [1.165, 1.54) is 4.68 Å². The van der Waals surface area contributed by atoms with Crippen molar-refractivity contribution in [2.75, 3.05) is 0 Å². The van der Waals surface area contributed by atoms with E-state index in [1.54, 1.807) is 43.6 Å². The van der Waals surface area contributed by atoms with Crippen LogP contribution < -0.4 is 11.0 Å². The second-order valence-electron chi connectivity index (χ2n) is 6.15. The number of fused-ring (bicyclic) bond motifs is 1. The number of unbranched alkanes of at least 4 members (excludes halogenated alkanes) is 1. The Morgan fingerprint density at radius 1 is 1.15 bits per heavy atom. The molecular weight excluding hydrogens is 342 g/mol. The molecule has 0 aliphatic rings. The quantitative estimate of drug-likeness (QED) is 0.539. The molecule has 2 aromatic heterocycles. The lowest BCUT2D eigenvalue weighted by atomic mass is 10.1. The van der Waals surface area contributed by atoms with Crippen molar-refractivity contribution in [2.24, 2.45) is 5.10 Å². The summed E-state index contributed by atoms with van der Waals surface area (Å²) >= 11 is 0. The largest absolute Gasteiger partial charge is 0.292 e. The van der Waals surface area contributed by atoms with Gasteiger partial charge < -0.3 is 0 Å². The Morgan fingerprint density at radius 2 is 1.85 bits per heavy atom. The van der Waals surface area contributed by atoms with Crippen LogP contribution in [0.3, 0.4) is 0 Å². The Kier molecular flexibility index (Phi) is 5.71. The molecule has 138 valence electrons. The maximum absolute atomic E-state index is 12.7. The molecule has 0 unspecified atom stereocenters. The third-order valence-corrected chi connectivity index (χ3v) is 4.23. The molecular formula is C20H21N5O2. The van der Waals surface area contributed by atoms with Gasteiger partial charge in [0.2, 0.25) is 0 Å². The zero-order valence-corrected chi connectivity index (χ0v) is 15.3. The molecule has 7 nitrogen and oxygen atoms in total. The second kappa shape index (κ2) is 8.35. The molecule has 0 spiro atoms. The number of pyridine rings is 1. The van der Waals surface area contributed by atoms with Crippen LogP contribution in [0, 0.1) is 0 Å². The smallest absolute Gasteiger partial charge is 0.267 e. The maximum Gasteiger partial charge on any atom is 0.292 e. The van der Waals surface area contributed by atoms with Crippen molar-refractivity contribution in [3.8, 4) is 0 Å². The number of aryl methyl sites for hydroxylation is 1. The molecule has 0 bridgehead atoms. The molecule has 3 rings (SSSR count). The molecule has 0 aliphatic heterocycles. The monoisotopic (exact) mass is 363 g/mol. The van der Waals surface area contributed by atoms with E-state index in [0.29, 0.717) is 23.0 Å². The summed E-state index contributed by atoms with van der Waals surface area (Å²) in [7, 11) is 0. The minimum absolute atomic E-state index is 0.188. The molecule has 0 radical (unpaired) electrons. The number of benzene rings is 1. The van der Waals surface area contributed by atoms with E-state index in [4.69, 9.17) is 0 Å². The summed E-state index contributed by atoms with van der Waals surface area (Å²) in [6.45, 7) is 4.30. The number of hydrogen-bond acceptors (Lipinski definition) is 5. The number of hydrazone groups is 1. The molecule has 1 amide bonds. The first-order valence-electron chi connectivity index (χ1n) is 8.86. The summed E-state index contributed by atoms with van der Waals surface area (Å²) in [5.41, 5.74) is 4.05. The van der Waals surface area contributed by atoms with Gasteiger partial charge in [0.1, 0.15) is 0 Å². The number of nitrogens with one attached hydrogen (secondary N) is 1. The van der Waals surface area contributed by atoms with E-state index < -0.39 is 5.91 Å². The Labute approximate surface area is 156 Å². The van der Waals surface area contributed by atoms with Gasteiger partial charge in [-0.1, -0.05) is 31.5 Å². The molecule has 0 atom stereocenters. The lowest BCUT2D eigenvalue weighted by Crippen LogP contribution is -2.29. The first-order chi connectivity index (χ1) is 13.1. The molecule has 2 heterocycles. The zero-order chi connectivity index (χ0) is 19.2. The van der Waals surface area contributed by atoms with E-state index in [-0.39, 0.29) is 11.3 Å². The highest BCUT2D eigenvalue weighted by atomic mass is 16.2. The normalized spacial score (nSPS) is 11.6. The van der Waals surface area contributed by atoms with Crippen molar-refractivity contribution in [1.82, 2.24) is 20.2 Å². The predicted octanol–water partition coefficient (Wildman–Crippen LogP) is 2.75. The molecule has 0 saturated carbocycles. The summed E-state index contributed by atoms with van der Waals surface area (Å²) in [6, 6.07) is 10.6. The Balaban J connectivity index is 1.96. The van der Waals surface area contributed by atoms with Gasteiger partial charge in [-0.3, -0.25) is 14.6 Å². The maximum atomic E-state index is 12.7. The Bertz CT molecular complexity index is 1040. The van der Waals surface area contributed by atoms with Crippen LogP contribution in [-0.2, 0) is 6.54 Å². The lowest BCUT2D eigenvalue weighted by Gasteiger charge is -2.10. The topological polar surface area (TPSA) is 89.2 Å². The average Bonchev–Trinajstić information content (AvgIpc) is 2.72. The summed E-state index contributed by atoms with van der Waals surface area (Å²) in [5.74, 6) is -0.454. The third-order valence-electron chi connectivity index (χ3n) is 4.23. The van der Waals surface area contributed by atoms with Crippen LogP contribution in [0.15, 0.2) is 58.7 Å².